The second kappa shape index (κ2) is 7.87. The van der Waals surface area contributed by atoms with Gasteiger partial charge in [0.05, 0.1) is 12.5 Å². The molecule has 0 radical (unpaired) electrons. The van der Waals surface area contributed by atoms with Gasteiger partial charge in [0.1, 0.15) is 0 Å². The zero-order valence-electron chi connectivity index (χ0n) is 10.7. The minimum atomic E-state index is -0.952. The molecule has 4 nitrogen and oxygen atoms in total. The predicted octanol–water partition coefficient (Wildman–Crippen LogP) is 2.45. The van der Waals surface area contributed by atoms with Gasteiger partial charge in [0.25, 0.3) is 0 Å². The molecule has 0 aliphatic rings. The highest BCUT2D eigenvalue weighted by atomic mass is 16.4. The molecule has 0 aliphatic heterocycles. The van der Waals surface area contributed by atoms with Crippen LogP contribution in [0.3, 0.4) is 0 Å². The maximum absolute atomic E-state index is 11.7. The van der Waals surface area contributed by atoms with Crippen LogP contribution in [0.4, 0.5) is 0 Å². The highest BCUT2D eigenvalue weighted by molar-refractivity contribution is 5.88. The second-order valence-electron chi connectivity index (χ2n) is 3.95. The molecular weight excluding hydrogens is 242 g/mol. The van der Waals surface area contributed by atoms with Crippen molar-refractivity contribution in [3.63, 3.8) is 0 Å². The highest BCUT2D eigenvalue weighted by Gasteiger charge is 2.16. The lowest BCUT2D eigenvalue weighted by molar-refractivity contribution is -0.137. The number of hydrogen-bond donors (Lipinski definition) is 2. The van der Waals surface area contributed by atoms with Gasteiger partial charge in [-0.2, -0.15) is 0 Å². The van der Waals surface area contributed by atoms with E-state index in [1.807, 2.05) is 25.1 Å². The third-order valence-electron chi connectivity index (χ3n) is 2.45. The number of amides is 1. The number of carboxylic acids is 1. The number of carbonyl (C=O) groups is 2. The molecule has 1 amide bonds. The molecule has 1 aromatic rings. The van der Waals surface area contributed by atoms with E-state index in [1.165, 1.54) is 6.08 Å². The lowest BCUT2D eigenvalue weighted by atomic mass is 10.0. The average Bonchev–Trinajstić information content (AvgIpc) is 2.39. The fraction of sp³-hybridized carbons (Fsp3) is 0.200. The molecule has 2 N–H and O–H groups in total. The molecule has 100 valence electrons. The van der Waals surface area contributed by atoms with Crippen molar-refractivity contribution in [2.75, 3.05) is 0 Å². The van der Waals surface area contributed by atoms with Gasteiger partial charge in [0, 0.05) is 6.08 Å². The molecule has 0 saturated heterocycles. The van der Waals surface area contributed by atoms with Gasteiger partial charge in [-0.15, -0.1) is 0 Å². The Morgan fingerprint density at radius 3 is 2.53 bits per heavy atom. The second-order valence-corrected chi connectivity index (χ2v) is 3.95. The van der Waals surface area contributed by atoms with Crippen molar-refractivity contribution in [2.24, 2.45) is 0 Å². The molecule has 1 rings (SSSR count). The van der Waals surface area contributed by atoms with Crippen molar-refractivity contribution < 1.29 is 14.7 Å². The lowest BCUT2D eigenvalue weighted by Crippen LogP contribution is -2.28. The van der Waals surface area contributed by atoms with Crippen molar-refractivity contribution in [1.29, 1.82) is 0 Å². The van der Waals surface area contributed by atoms with Crippen LogP contribution in [0.1, 0.15) is 24.9 Å². The Hall–Kier alpha value is -2.36. The van der Waals surface area contributed by atoms with E-state index < -0.39 is 12.0 Å². The summed E-state index contributed by atoms with van der Waals surface area (Å²) in [6.45, 7) is 1.85. The zero-order valence-corrected chi connectivity index (χ0v) is 10.7. The Kier molecular flexibility index (Phi) is 6.09. The third kappa shape index (κ3) is 5.68. The number of rotatable bonds is 6. The van der Waals surface area contributed by atoms with E-state index in [0.29, 0.717) is 0 Å². The quantitative estimate of drug-likeness (QED) is 0.609. The molecule has 0 saturated carbocycles. The van der Waals surface area contributed by atoms with Crippen molar-refractivity contribution in [2.45, 2.75) is 19.4 Å². The van der Waals surface area contributed by atoms with Crippen LogP contribution in [-0.2, 0) is 9.59 Å². The minimum Gasteiger partial charge on any atom is -0.481 e. The Morgan fingerprint density at radius 2 is 1.95 bits per heavy atom. The first-order valence-corrected chi connectivity index (χ1v) is 6.00. The van der Waals surface area contributed by atoms with E-state index in [2.05, 4.69) is 5.32 Å². The van der Waals surface area contributed by atoms with Crippen molar-refractivity contribution in [3.05, 3.63) is 60.2 Å². The fourth-order valence-electron chi connectivity index (χ4n) is 1.59. The number of carbonyl (C=O) groups excluding carboxylic acids is 1. The summed E-state index contributed by atoms with van der Waals surface area (Å²) < 4.78 is 0. The van der Waals surface area contributed by atoms with E-state index >= 15 is 0 Å². The van der Waals surface area contributed by atoms with Crippen LogP contribution in [0.25, 0.3) is 0 Å². The first-order chi connectivity index (χ1) is 9.13. The molecule has 0 aromatic heterocycles. The van der Waals surface area contributed by atoms with E-state index in [-0.39, 0.29) is 12.3 Å². The molecule has 1 aromatic carbocycles. The Balaban J connectivity index is 2.76. The number of hydrogen-bond acceptors (Lipinski definition) is 2. The Bertz CT molecular complexity index is 477. The van der Waals surface area contributed by atoms with Crippen LogP contribution in [0.5, 0.6) is 0 Å². The number of carboxylic acid groups (broad SMARTS) is 1. The van der Waals surface area contributed by atoms with Gasteiger partial charge in [-0.1, -0.05) is 48.6 Å². The highest BCUT2D eigenvalue weighted by Crippen LogP contribution is 2.16. The number of nitrogens with one attached hydrogen (secondary N) is 1. The molecular formula is C15H17NO3. The minimum absolute atomic E-state index is 0.146. The molecule has 0 bridgehead atoms. The normalized spacial score (nSPS) is 12.7. The maximum Gasteiger partial charge on any atom is 0.305 e. The summed E-state index contributed by atoms with van der Waals surface area (Å²) in [7, 11) is 0. The van der Waals surface area contributed by atoms with Crippen molar-refractivity contribution in [3.8, 4) is 0 Å². The van der Waals surface area contributed by atoms with E-state index in [0.717, 1.165) is 5.56 Å². The Morgan fingerprint density at radius 1 is 1.26 bits per heavy atom. The molecule has 0 spiro atoms. The van der Waals surface area contributed by atoms with Gasteiger partial charge in [-0.05, 0) is 12.5 Å². The zero-order chi connectivity index (χ0) is 14.1. The van der Waals surface area contributed by atoms with E-state index in [4.69, 9.17) is 5.11 Å². The average molecular weight is 259 g/mol. The molecule has 1 atom stereocenters. The van der Waals surface area contributed by atoms with Gasteiger partial charge < -0.3 is 10.4 Å². The topological polar surface area (TPSA) is 66.4 Å². The fourth-order valence-corrected chi connectivity index (χ4v) is 1.59. The predicted molar refractivity (Wildman–Crippen MR) is 73.5 cm³/mol. The summed E-state index contributed by atoms with van der Waals surface area (Å²) in [5.74, 6) is -1.26. The van der Waals surface area contributed by atoms with Crippen LogP contribution in [0.2, 0.25) is 0 Å². The first-order valence-electron chi connectivity index (χ1n) is 6.00. The smallest absolute Gasteiger partial charge is 0.305 e. The van der Waals surface area contributed by atoms with Crippen LogP contribution in [0.15, 0.2) is 54.6 Å². The summed E-state index contributed by atoms with van der Waals surface area (Å²) >= 11 is 0. The van der Waals surface area contributed by atoms with E-state index in [1.54, 1.807) is 30.4 Å². The molecule has 19 heavy (non-hydrogen) atoms. The van der Waals surface area contributed by atoms with Crippen molar-refractivity contribution in [1.82, 2.24) is 5.32 Å². The number of benzene rings is 1. The van der Waals surface area contributed by atoms with Gasteiger partial charge in [-0.3, -0.25) is 9.59 Å². The van der Waals surface area contributed by atoms with Gasteiger partial charge in [-0.25, -0.2) is 0 Å². The first kappa shape index (κ1) is 14.7. The summed E-state index contributed by atoms with van der Waals surface area (Å²) in [6, 6.07) is 8.53. The SMILES string of the molecule is C/C=C/C=C/C(=O)N[C@@H](CC(=O)O)c1ccccc1. The standard InChI is InChI=1S/C15H17NO3/c1-2-3-5-10-14(17)16-13(11-15(18)19)12-8-6-4-7-9-12/h2-10,13H,11H2,1H3,(H,16,17)(H,18,19)/b3-2+,10-5+/t13-/m0/s1. The van der Waals surface area contributed by atoms with Crippen LogP contribution >= 0.6 is 0 Å². The molecule has 0 heterocycles. The summed E-state index contributed by atoms with van der Waals surface area (Å²) in [6.07, 6.45) is 6.37. The largest absolute Gasteiger partial charge is 0.481 e. The number of allylic oxidation sites excluding steroid dienone is 3. The summed E-state index contributed by atoms with van der Waals surface area (Å²) in [5.41, 5.74) is 0.776. The molecule has 0 unspecified atom stereocenters. The van der Waals surface area contributed by atoms with Gasteiger partial charge in [0.15, 0.2) is 0 Å². The van der Waals surface area contributed by atoms with Gasteiger partial charge >= 0.3 is 5.97 Å². The molecule has 4 heteroatoms. The Labute approximate surface area is 112 Å². The van der Waals surface area contributed by atoms with Crippen LogP contribution in [-0.4, -0.2) is 17.0 Å². The summed E-state index contributed by atoms with van der Waals surface area (Å²) in [4.78, 5) is 22.5. The maximum atomic E-state index is 11.7. The van der Waals surface area contributed by atoms with Crippen molar-refractivity contribution >= 4 is 11.9 Å². The monoisotopic (exact) mass is 259 g/mol. The molecule has 0 aliphatic carbocycles. The van der Waals surface area contributed by atoms with E-state index in [9.17, 15) is 9.59 Å². The number of aliphatic carboxylic acids is 1. The van der Waals surface area contributed by atoms with Crippen LogP contribution < -0.4 is 5.32 Å². The van der Waals surface area contributed by atoms with Crippen LogP contribution in [0, 0.1) is 0 Å². The molecule has 0 fully saturated rings. The third-order valence-corrected chi connectivity index (χ3v) is 2.45. The lowest BCUT2D eigenvalue weighted by Gasteiger charge is -2.16. The summed E-state index contributed by atoms with van der Waals surface area (Å²) in [5, 5.41) is 11.6. The van der Waals surface area contributed by atoms with Gasteiger partial charge in [0.2, 0.25) is 5.91 Å².